The molecule has 0 amide bonds. The van der Waals surface area contributed by atoms with Gasteiger partial charge in [-0.1, -0.05) is 0 Å². The van der Waals surface area contributed by atoms with Crippen molar-refractivity contribution in [3.63, 3.8) is 0 Å². The molecule has 1 atom stereocenters. The Balaban J connectivity index is 1.51. The predicted octanol–water partition coefficient (Wildman–Crippen LogP) is 4.21. The molecule has 1 aliphatic heterocycles. The second-order valence-electron chi connectivity index (χ2n) is 6.40. The lowest BCUT2D eigenvalue weighted by molar-refractivity contribution is -0.140. The summed E-state index contributed by atoms with van der Waals surface area (Å²) in [7, 11) is 0. The van der Waals surface area contributed by atoms with Crippen molar-refractivity contribution in [2.45, 2.75) is 43.7 Å². The maximum Gasteiger partial charge on any atom is 0.434 e. The molecule has 3 heterocycles. The highest BCUT2D eigenvalue weighted by molar-refractivity contribution is 7.09. The van der Waals surface area contributed by atoms with E-state index in [1.54, 1.807) is 6.20 Å². The molecule has 128 valence electrons. The third-order valence-corrected chi connectivity index (χ3v) is 5.52. The van der Waals surface area contributed by atoms with Crippen molar-refractivity contribution >= 4 is 17.2 Å². The summed E-state index contributed by atoms with van der Waals surface area (Å²) in [6.45, 7) is 1.53. The molecule has 4 nitrogen and oxygen atoms in total. The predicted molar refractivity (Wildman–Crippen MR) is 85.3 cm³/mol. The van der Waals surface area contributed by atoms with Gasteiger partial charge in [-0.05, 0) is 31.7 Å². The molecule has 0 aromatic carbocycles. The molecule has 1 saturated carbocycles. The molecule has 2 aromatic rings. The molecule has 8 heteroatoms. The molecule has 1 saturated heterocycles. The van der Waals surface area contributed by atoms with Gasteiger partial charge in [-0.3, -0.25) is 0 Å². The highest BCUT2D eigenvalue weighted by Crippen LogP contribution is 2.39. The Labute approximate surface area is 141 Å². The largest absolute Gasteiger partial charge is 0.434 e. The summed E-state index contributed by atoms with van der Waals surface area (Å²) in [5.74, 6) is 2.28. The van der Waals surface area contributed by atoms with Crippen LogP contribution in [-0.2, 0) is 6.18 Å². The Kier molecular flexibility index (Phi) is 3.94. The maximum atomic E-state index is 12.8. The number of nitrogens with zero attached hydrogens (tertiary/aromatic N) is 4. The lowest BCUT2D eigenvalue weighted by atomic mass is 9.99. The van der Waals surface area contributed by atoms with E-state index in [9.17, 15) is 13.2 Å². The van der Waals surface area contributed by atoms with Crippen LogP contribution in [0.4, 0.5) is 19.0 Å². The van der Waals surface area contributed by atoms with Crippen LogP contribution in [0.15, 0.2) is 17.6 Å². The van der Waals surface area contributed by atoms with E-state index in [1.807, 2.05) is 6.07 Å². The molecule has 2 aromatic heterocycles. The molecular formula is C16H17F3N4S. The molecule has 2 fully saturated rings. The Hall–Kier alpha value is -1.70. The second-order valence-corrected chi connectivity index (χ2v) is 7.29. The number of alkyl halides is 3. The molecule has 24 heavy (non-hydrogen) atoms. The van der Waals surface area contributed by atoms with Crippen molar-refractivity contribution in [3.8, 4) is 0 Å². The first kappa shape index (κ1) is 15.8. The summed E-state index contributed by atoms with van der Waals surface area (Å²) in [6.07, 6.45) is 1.49. The fourth-order valence-corrected chi connectivity index (χ4v) is 4.02. The van der Waals surface area contributed by atoms with Crippen LogP contribution < -0.4 is 4.90 Å². The third-order valence-electron chi connectivity index (χ3n) is 4.51. The summed E-state index contributed by atoms with van der Waals surface area (Å²) in [5, 5.41) is 1.69. The molecule has 2 aliphatic rings. The molecule has 1 aliphatic carbocycles. The topological polar surface area (TPSA) is 41.9 Å². The smallest absolute Gasteiger partial charge is 0.356 e. The number of aromatic nitrogens is 3. The fraction of sp³-hybridized carbons (Fsp3) is 0.562. The van der Waals surface area contributed by atoms with Crippen molar-refractivity contribution < 1.29 is 13.2 Å². The highest BCUT2D eigenvalue weighted by Gasteiger charge is 2.35. The van der Waals surface area contributed by atoms with Gasteiger partial charge in [0.1, 0.15) is 11.6 Å². The van der Waals surface area contributed by atoms with Crippen molar-refractivity contribution in [1.82, 2.24) is 15.0 Å². The Bertz CT molecular complexity index is 726. The van der Waals surface area contributed by atoms with Gasteiger partial charge >= 0.3 is 6.18 Å². The zero-order valence-electron chi connectivity index (χ0n) is 13.0. The van der Waals surface area contributed by atoms with Crippen molar-refractivity contribution in [2.24, 2.45) is 0 Å². The van der Waals surface area contributed by atoms with Crippen LogP contribution in [-0.4, -0.2) is 28.0 Å². The van der Waals surface area contributed by atoms with Crippen LogP contribution in [0.1, 0.15) is 54.0 Å². The molecular weight excluding hydrogens is 337 g/mol. The molecule has 0 spiro atoms. The van der Waals surface area contributed by atoms with Crippen LogP contribution in [0.25, 0.3) is 0 Å². The minimum absolute atomic E-state index is 0.0270. The van der Waals surface area contributed by atoms with E-state index < -0.39 is 11.9 Å². The number of hydrogen-bond acceptors (Lipinski definition) is 5. The van der Waals surface area contributed by atoms with E-state index in [0.717, 1.165) is 60.6 Å². The average Bonchev–Trinajstić information content (AvgIpc) is 3.30. The minimum atomic E-state index is -4.37. The average molecular weight is 354 g/mol. The van der Waals surface area contributed by atoms with Crippen LogP contribution in [0.5, 0.6) is 0 Å². The number of halogens is 3. The lowest BCUT2D eigenvalue weighted by Crippen LogP contribution is -2.35. The zero-order chi connectivity index (χ0) is 16.7. The Morgan fingerprint density at radius 2 is 1.96 bits per heavy atom. The van der Waals surface area contributed by atoms with Crippen molar-refractivity contribution in [2.75, 3.05) is 18.0 Å². The fourth-order valence-electron chi connectivity index (χ4n) is 3.07. The monoisotopic (exact) mass is 354 g/mol. The van der Waals surface area contributed by atoms with Gasteiger partial charge in [0.15, 0.2) is 5.69 Å². The van der Waals surface area contributed by atoms with Gasteiger partial charge in [0.2, 0.25) is 0 Å². The standard InChI is InChI=1S/C16H17F3N4S/c17-16(18,19)12-9-24-15(21-12)11-2-1-7-23(8-11)13-5-6-20-14(22-13)10-3-4-10/h5-6,9-11H,1-4,7-8H2. The van der Waals surface area contributed by atoms with Gasteiger partial charge in [-0.2, -0.15) is 13.2 Å². The summed E-state index contributed by atoms with van der Waals surface area (Å²) in [5.41, 5.74) is -0.780. The van der Waals surface area contributed by atoms with Crippen molar-refractivity contribution in [1.29, 1.82) is 0 Å². The zero-order valence-corrected chi connectivity index (χ0v) is 13.8. The van der Waals surface area contributed by atoms with Gasteiger partial charge < -0.3 is 4.90 Å². The van der Waals surface area contributed by atoms with Crippen LogP contribution in [0.3, 0.4) is 0 Å². The van der Waals surface area contributed by atoms with E-state index >= 15 is 0 Å². The van der Waals surface area contributed by atoms with Crippen molar-refractivity contribution in [3.05, 3.63) is 34.2 Å². The summed E-state index contributed by atoms with van der Waals surface area (Å²) in [6, 6.07) is 1.89. The Morgan fingerprint density at radius 1 is 1.12 bits per heavy atom. The summed E-state index contributed by atoms with van der Waals surface area (Å²) < 4.78 is 38.3. The normalized spacial score (nSPS) is 22.0. The van der Waals surface area contributed by atoms with E-state index in [0.29, 0.717) is 17.5 Å². The second kappa shape index (κ2) is 5.98. The van der Waals surface area contributed by atoms with E-state index in [1.165, 1.54) is 0 Å². The van der Waals surface area contributed by atoms with Crippen LogP contribution >= 0.6 is 11.3 Å². The highest BCUT2D eigenvalue weighted by atomic mass is 32.1. The summed E-state index contributed by atoms with van der Waals surface area (Å²) in [4.78, 5) is 15.0. The number of anilines is 1. The number of thiazole rings is 1. The third kappa shape index (κ3) is 3.24. The SMILES string of the molecule is FC(F)(F)c1csc(C2CCCN(c3ccnc(C4CC4)n3)C2)n1. The number of hydrogen-bond donors (Lipinski definition) is 0. The molecule has 0 radical (unpaired) electrons. The van der Waals surface area contributed by atoms with E-state index in [2.05, 4.69) is 19.9 Å². The summed E-state index contributed by atoms with van der Waals surface area (Å²) >= 11 is 1.11. The molecule has 0 bridgehead atoms. The molecule has 4 rings (SSSR count). The molecule has 1 unspecified atom stereocenters. The quantitative estimate of drug-likeness (QED) is 0.828. The Morgan fingerprint density at radius 3 is 2.67 bits per heavy atom. The maximum absolute atomic E-state index is 12.8. The van der Waals surface area contributed by atoms with Crippen LogP contribution in [0, 0.1) is 0 Å². The van der Waals surface area contributed by atoms with Gasteiger partial charge in [-0.15, -0.1) is 11.3 Å². The molecule has 0 N–H and O–H groups in total. The number of rotatable bonds is 3. The van der Waals surface area contributed by atoms with Gasteiger partial charge in [-0.25, -0.2) is 15.0 Å². The lowest BCUT2D eigenvalue weighted by Gasteiger charge is -2.32. The number of piperidine rings is 1. The first-order valence-electron chi connectivity index (χ1n) is 8.11. The van der Waals surface area contributed by atoms with E-state index in [4.69, 9.17) is 0 Å². The first-order chi connectivity index (χ1) is 11.5. The minimum Gasteiger partial charge on any atom is -0.356 e. The van der Waals surface area contributed by atoms with E-state index in [-0.39, 0.29) is 5.92 Å². The van der Waals surface area contributed by atoms with Gasteiger partial charge in [0.05, 0.1) is 5.01 Å². The first-order valence-corrected chi connectivity index (χ1v) is 8.99. The van der Waals surface area contributed by atoms with Gasteiger partial charge in [0, 0.05) is 36.5 Å². The van der Waals surface area contributed by atoms with Gasteiger partial charge in [0.25, 0.3) is 0 Å². The van der Waals surface area contributed by atoms with Crippen LogP contribution in [0.2, 0.25) is 0 Å².